The molecule has 2 aliphatic rings. The smallest absolute Gasteiger partial charge is 0.260 e. The van der Waals surface area contributed by atoms with Crippen molar-refractivity contribution in [3.05, 3.63) is 23.8 Å². The SMILES string of the molecule is CC1CCCCN1C(=O)COc1cccc2c1NCCC2. The molecule has 2 heterocycles. The molecular weight excluding hydrogens is 264 g/mol. The zero-order valence-corrected chi connectivity index (χ0v) is 12.7. The summed E-state index contributed by atoms with van der Waals surface area (Å²) in [7, 11) is 0. The van der Waals surface area contributed by atoms with E-state index in [2.05, 4.69) is 18.3 Å². The minimum Gasteiger partial charge on any atom is -0.482 e. The second-order valence-electron chi connectivity index (χ2n) is 6.04. The maximum Gasteiger partial charge on any atom is 0.260 e. The average molecular weight is 288 g/mol. The first-order valence-electron chi connectivity index (χ1n) is 8.04. The molecule has 1 amide bonds. The molecular formula is C17H24N2O2. The fourth-order valence-electron chi connectivity index (χ4n) is 3.29. The number of carbonyl (C=O) groups is 1. The highest BCUT2D eigenvalue weighted by Crippen LogP contribution is 2.32. The van der Waals surface area contributed by atoms with E-state index in [1.807, 2.05) is 17.0 Å². The molecule has 114 valence electrons. The van der Waals surface area contributed by atoms with Crippen LogP contribution in [-0.4, -0.2) is 36.5 Å². The van der Waals surface area contributed by atoms with E-state index in [0.717, 1.165) is 50.2 Å². The molecule has 2 aliphatic heterocycles. The molecule has 1 N–H and O–H groups in total. The predicted molar refractivity (Wildman–Crippen MR) is 83.8 cm³/mol. The van der Waals surface area contributed by atoms with Crippen molar-refractivity contribution in [3.63, 3.8) is 0 Å². The second kappa shape index (κ2) is 6.37. The van der Waals surface area contributed by atoms with Gasteiger partial charge in [-0.1, -0.05) is 12.1 Å². The van der Waals surface area contributed by atoms with Gasteiger partial charge in [0.15, 0.2) is 6.61 Å². The lowest BCUT2D eigenvalue weighted by atomic mass is 10.0. The minimum atomic E-state index is 0.107. The molecule has 0 saturated carbocycles. The number of hydrogen-bond acceptors (Lipinski definition) is 3. The van der Waals surface area contributed by atoms with Crippen molar-refractivity contribution in [2.24, 2.45) is 0 Å². The summed E-state index contributed by atoms with van der Waals surface area (Å²) in [5.74, 6) is 0.917. The summed E-state index contributed by atoms with van der Waals surface area (Å²) < 4.78 is 5.81. The number of fused-ring (bicyclic) bond motifs is 1. The topological polar surface area (TPSA) is 41.6 Å². The quantitative estimate of drug-likeness (QED) is 0.930. The highest BCUT2D eigenvalue weighted by Gasteiger charge is 2.23. The van der Waals surface area contributed by atoms with Crippen molar-refractivity contribution in [1.29, 1.82) is 0 Å². The van der Waals surface area contributed by atoms with Gasteiger partial charge in [-0.25, -0.2) is 0 Å². The Balaban J connectivity index is 1.63. The molecule has 4 heteroatoms. The number of rotatable bonds is 3. The van der Waals surface area contributed by atoms with E-state index in [4.69, 9.17) is 4.74 Å². The molecule has 1 unspecified atom stereocenters. The first kappa shape index (κ1) is 14.2. The van der Waals surface area contributed by atoms with Crippen molar-refractivity contribution < 1.29 is 9.53 Å². The normalized spacial score (nSPS) is 21.4. The largest absolute Gasteiger partial charge is 0.482 e. The molecule has 0 radical (unpaired) electrons. The number of amides is 1. The Bertz CT molecular complexity index is 516. The number of anilines is 1. The summed E-state index contributed by atoms with van der Waals surface area (Å²) in [5.41, 5.74) is 2.36. The van der Waals surface area contributed by atoms with Crippen molar-refractivity contribution in [2.75, 3.05) is 25.0 Å². The van der Waals surface area contributed by atoms with E-state index in [0.29, 0.717) is 6.04 Å². The lowest BCUT2D eigenvalue weighted by Crippen LogP contribution is -2.44. The molecule has 1 aromatic carbocycles. The number of para-hydroxylation sites is 1. The third-order valence-corrected chi connectivity index (χ3v) is 4.51. The van der Waals surface area contributed by atoms with Crippen LogP contribution in [-0.2, 0) is 11.2 Å². The third-order valence-electron chi connectivity index (χ3n) is 4.51. The molecule has 4 nitrogen and oxygen atoms in total. The lowest BCUT2D eigenvalue weighted by molar-refractivity contribution is -0.136. The number of piperidine rings is 1. The van der Waals surface area contributed by atoms with Crippen molar-refractivity contribution in [1.82, 2.24) is 4.90 Å². The van der Waals surface area contributed by atoms with Crippen LogP contribution in [0.5, 0.6) is 5.75 Å². The molecule has 1 aromatic rings. The number of ether oxygens (including phenoxy) is 1. The van der Waals surface area contributed by atoms with Crippen LogP contribution >= 0.6 is 0 Å². The van der Waals surface area contributed by atoms with Gasteiger partial charge < -0.3 is 15.0 Å². The summed E-state index contributed by atoms with van der Waals surface area (Å²) in [6.45, 7) is 4.12. The van der Waals surface area contributed by atoms with Crippen LogP contribution in [0.1, 0.15) is 38.2 Å². The van der Waals surface area contributed by atoms with Crippen LogP contribution in [0.4, 0.5) is 5.69 Å². The third kappa shape index (κ3) is 3.14. The Morgan fingerprint density at radius 2 is 2.29 bits per heavy atom. The number of hydrogen-bond donors (Lipinski definition) is 1. The summed E-state index contributed by atoms with van der Waals surface area (Å²) in [5, 5.41) is 3.39. The standard InChI is InChI=1S/C17H24N2O2/c1-13-6-2-3-11-19(13)16(20)12-21-15-9-4-7-14-8-5-10-18-17(14)15/h4,7,9,13,18H,2-3,5-6,8,10-12H2,1H3. The Morgan fingerprint density at radius 1 is 1.38 bits per heavy atom. The average Bonchev–Trinajstić information content (AvgIpc) is 2.53. The van der Waals surface area contributed by atoms with E-state index in [1.165, 1.54) is 12.0 Å². The zero-order valence-electron chi connectivity index (χ0n) is 12.7. The lowest BCUT2D eigenvalue weighted by Gasteiger charge is -2.33. The van der Waals surface area contributed by atoms with E-state index in [1.54, 1.807) is 0 Å². The van der Waals surface area contributed by atoms with Gasteiger partial charge in [0.2, 0.25) is 0 Å². The monoisotopic (exact) mass is 288 g/mol. The molecule has 0 aromatic heterocycles. The summed E-state index contributed by atoms with van der Waals surface area (Å²) in [6, 6.07) is 6.43. The van der Waals surface area contributed by atoms with Gasteiger partial charge in [0.1, 0.15) is 5.75 Å². The maximum atomic E-state index is 12.3. The van der Waals surface area contributed by atoms with Crippen molar-refractivity contribution in [2.45, 2.75) is 45.1 Å². The van der Waals surface area contributed by atoms with Gasteiger partial charge in [-0.3, -0.25) is 4.79 Å². The fraction of sp³-hybridized carbons (Fsp3) is 0.588. The Labute approximate surface area is 126 Å². The van der Waals surface area contributed by atoms with E-state index >= 15 is 0 Å². The molecule has 0 aliphatic carbocycles. The highest BCUT2D eigenvalue weighted by atomic mass is 16.5. The Morgan fingerprint density at radius 3 is 3.14 bits per heavy atom. The van der Waals surface area contributed by atoms with Gasteiger partial charge in [0, 0.05) is 19.1 Å². The molecule has 0 spiro atoms. The van der Waals surface area contributed by atoms with Crippen LogP contribution in [0.25, 0.3) is 0 Å². The van der Waals surface area contributed by atoms with Gasteiger partial charge in [-0.05, 0) is 50.7 Å². The van der Waals surface area contributed by atoms with Crippen LogP contribution in [0.15, 0.2) is 18.2 Å². The number of benzene rings is 1. The molecule has 3 rings (SSSR count). The first-order chi connectivity index (χ1) is 10.3. The number of nitrogens with one attached hydrogen (secondary N) is 1. The summed E-state index contributed by atoms with van der Waals surface area (Å²) in [6.07, 6.45) is 5.67. The van der Waals surface area contributed by atoms with Crippen LogP contribution in [0.3, 0.4) is 0 Å². The first-order valence-corrected chi connectivity index (χ1v) is 8.04. The van der Waals surface area contributed by atoms with Crippen LogP contribution < -0.4 is 10.1 Å². The molecule has 0 bridgehead atoms. The molecule has 1 fully saturated rings. The van der Waals surface area contributed by atoms with E-state index in [9.17, 15) is 4.79 Å². The minimum absolute atomic E-state index is 0.107. The summed E-state index contributed by atoms with van der Waals surface area (Å²) in [4.78, 5) is 14.3. The van der Waals surface area contributed by atoms with Gasteiger partial charge in [0.25, 0.3) is 5.91 Å². The number of likely N-dealkylation sites (tertiary alicyclic amines) is 1. The Hall–Kier alpha value is -1.71. The number of aryl methyl sites for hydroxylation is 1. The fourth-order valence-corrected chi connectivity index (χ4v) is 3.29. The van der Waals surface area contributed by atoms with Crippen LogP contribution in [0.2, 0.25) is 0 Å². The van der Waals surface area contributed by atoms with Crippen molar-refractivity contribution in [3.8, 4) is 5.75 Å². The zero-order chi connectivity index (χ0) is 14.7. The second-order valence-corrected chi connectivity index (χ2v) is 6.04. The van der Waals surface area contributed by atoms with E-state index < -0.39 is 0 Å². The van der Waals surface area contributed by atoms with Crippen molar-refractivity contribution >= 4 is 11.6 Å². The number of carbonyl (C=O) groups excluding carboxylic acids is 1. The molecule has 21 heavy (non-hydrogen) atoms. The summed E-state index contributed by atoms with van der Waals surface area (Å²) >= 11 is 0. The Kier molecular flexibility index (Phi) is 4.32. The van der Waals surface area contributed by atoms with E-state index in [-0.39, 0.29) is 12.5 Å². The van der Waals surface area contributed by atoms with Gasteiger partial charge >= 0.3 is 0 Å². The molecule has 1 saturated heterocycles. The van der Waals surface area contributed by atoms with Gasteiger partial charge in [-0.2, -0.15) is 0 Å². The van der Waals surface area contributed by atoms with Gasteiger partial charge in [0.05, 0.1) is 5.69 Å². The van der Waals surface area contributed by atoms with Gasteiger partial charge in [-0.15, -0.1) is 0 Å². The highest BCUT2D eigenvalue weighted by molar-refractivity contribution is 5.78. The molecule has 1 atom stereocenters. The maximum absolute atomic E-state index is 12.3. The predicted octanol–water partition coefficient (Wildman–Crippen LogP) is 2.82. The van der Waals surface area contributed by atoms with Crippen LogP contribution in [0, 0.1) is 0 Å². The number of nitrogens with zero attached hydrogens (tertiary/aromatic N) is 1.